The average molecular weight is 476 g/mol. The second-order valence-electron chi connectivity index (χ2n) is 4.98. The summed E-state index contributed by atoms with van der Waals surface area (Å²) < 4.78 is 79.2. The number of anilines is 1. The summed E-state index contributed by atoms with van der Waals surface area (Å²) in [5, 5.41) is 12.1. The number of aromatic nitrogens is 2. The Balaban J connectivity index is 2.79. The molecule has 1 heterocycles. The van der Waals surface area contributed by atoms with E-state index in [9.17, 15) is 26.0 Å². The largest absolute Gasteiger partial charge is 0.421 e. The van der Waals surface area contributed by atoms with Gasteiger partial charge in [-0.25, -0.2) is 17.5 Å². The Bertz CT molecular complexity index is 1010. The summed E-state index contributed by atoms with van der Waals surface area (Å²) >= 11 is 8.60. The fourth-order valence-electron chi connectivity index (χ4n) is 2.11. The number of hydrogen-bond donors (Lipinski definition) is 1. The first kappa shape index (κ1) is 20.5. The summed E-state index contributed by atoms with van der Waals surface area (Å²) in [7, 11) is -3.80. The molecule has 2 aromatic rings. The van der Waals surface area contributed by atoms with Crippen molar-refractivity contribution < 1.29 is 26.0 Å². The highest BCUT2D eigenvalue weighted by molar-refractivity contribution is 9.08. The first-order chi connectivity index (χ1) is 11.9. The average Bonchev–Trinajstić information content (AvgIpc) is 2.87. The Hall–Kier alpha value is -1.84. The first-order valence-electron chi connectivity index (χ1n) is 6.51. The maximum Gasteiger partial charge on any atom is 0.421 e. The lowest BCUT2D eigenvalue weighted by Crippen LogP contribution is -2.12. The summed E-state index contributed by atoms with van der Waals surface area (Å²) in [6, 6.07) is 2.91. The van der Waals surface area contributed by atoms with Crippen molar-refractivity contribution in [2.75, 3.05) is 11.0 Å². The van der Waals surface area contributed by atoms with Crippen molar-refractivity contribution >= 4 is 43.2 Å². The van der Waals surface area contributed by atoms with Crippen LogP contribution in [0.15, 0.2) is 12.1 Å². The number of rotatable bonds is 4. The molecule has 0 radical (unpaired) electrons. The van der Waals surface area contributed by atoms with E-state index in [2.05, 4.69) is 21.0 Å². The van der Waals surface area contributed by atoms with Crippen LogP contribution in [0.25, 0.3) is 5.69 Å². The molecule has 26 heavy (non-hydrogen) atoms. The zero-order valence-corrected chi connectivity index (χ0v) is 15.9. The van der Waals surface area contributed by atoms with Crippen LogP contribution in [-0.4, -0.2) is 24.5 Å². The molecule has 0 spiro atoms. The van der Waals surface area contributed by atoms with Gasteiger partial charge >= 0.3 is 6.18 Å². The molecule has 1 aromatic heterocycles. The molecule has 1 N–H and O–H groups in total. The smallest absolute Gasteiger partial charge is 0.282 e. The van der Waals surface area contributed by atoms with Crippen LogP contribution >= 0.6 is 27.5 Å². The van der Waals surface area contributed by atoms with Gasteiger partial charge in [0.1, 0.15) is 17.3 Å². The number of alkyl halides is 4. The lowest BCUT2D eigenvalue weighted by Gasteiger charge is -2.11. The fourth-order valence-corrected chi connectivity index (χ4v) is 3.32. The number of nitrogens with one attached hydrogen (secondary N) is 1. The Morgan fingerprint density at radius 1 is 1.42 bits per heavy atom. The van der Waals surface area contributed by atoms with Gasteiger partial charge in [-0.15, -0.1) is 0 Å². The third kappa shape index (κ3) is 4.11. The van der Waals surface area contributed by atoms with Gasteiger partial charge in [0.15, 0.2) is 11.5 Å². The van der Waals surface area contributed by atoms with E-state index in [0.717, 1.165) is 12.3 Å². The molecule has 0 amide bonds. The van der Waals surface area contributed by atoms with Crippen LogP contribution in [0.4, 0.5) is 23.2 Å². The van der Waals surface area contributed by atoms with E-state index >= 15 is 0 Å². The van der Waals surface area contributed by atoms with Crippen molar-refractivity contribution in [3.05, 3.63) is 39.9 Å². The van der Waals surface area contributed by atoms with Crippen molar-refractivity contribution in [1.82, 2.24) is 9.78 Å². The molecule has 0 unspecified atom stereocenters. The molecular formula is C13H8BrClF4N4O2S. The third-order valence-electron chi connectivity index (χ3n) is 3.03. The standard InChI is InChI=1S/C13H8BrClF4N4O2S/c1-26(24,25)22-8-3-10(7(16)2-6(8)15)23-11(5-20)12(13(17,18)19)9(4-14)21-23/h2-3,22H,4H2,1H3. The van der Waals surface area contributed by atoms with Gasteiger partial charge in [0, 0.05) is 5.33 Å². The van der Waals surface area contributed by atoms with Gasteiger partial charge in [0.05, 0.1) is 22.7 Å². The Morgan fingerprint density at radius 3 is 2.50 bits per heavy atom. The number of nitrogens with zero attached hydrogens (tertiary/aromatic N) is 3. The summed E-state index contributed by atoms with van der Waals surface area (Å²) in [4.78, 5) is 0. The van der Waals surface area contributed by atoms with Gasteiger partial charge < -0.3 is 0 Å². The Kier molecular flexibility index (Phi) is 5.55. The topological polar surface area (TPSA) is 87.8 Å². The third-order valence-corrected chi connectivity index (χ3v) is 4.47. The number of nitriles is 1. The lowest BCUT2D eigenvalue weighted by molar-refractivity contribution is -0.138. The molecule has 0 fully saturated rings. The lowest BCUT2D eigenvalue weighted by atomic mass is 10.2. The van der Waals surface area contributed by atoms with Crippen LogP contribution < -0.4 is 4.72 Å². The highest BCUT2D eigenvalue weighted by Gasteiger charge is 2.40. The molecule has 0 aliphatic rings. The maximum atomic E-state index is 14.3. The summed E-state index contributed by atoms with van der Waals surface area (Å²) in [6.07, 6.45) is -4.09. The number of hydrogen-bond acceptors (Lipinski definition) is 4. The second-order valence-corrected chi connectivity index (χ2v) is 7.70. The molecule has 2 rings (SSSR count). The molecule has 0 saturated carbocycles. The fraction of sp³-hybridized carbons (Fsp3) is 0.231. The molecule has 0 saturated heterocycles. The van der Waals surface area contributed by atoms with Crippen LogP contribution in [0.1, 0.15) is 17.0 Å². The van der Waals surface area contributed by atoms with E-state index in [-0.39, 0.29) is 16.0 Å². The number of sulfonamides is 1. The Labute approximate surface area is 158 Å². The molecule has 140 valence electrons. The van der Waals surface area contributed by atoms with Crippen molar-refractivity contribution in [2.24, 2.45) is 0 Å². The van der Waals surface area contributed by atoms with E-state index in [0.29, 0.717) is 10.7 Å². The number of halogens is 6. The maximum absolute atomic E-state index is 14.3. The molecule has 0 aliphatic heterocycles. The predicted molar refractivity (Wildman–Crippen MR) is 89.3 cm³/mol. The minimum atomic E-state index is -4.90. The zero-order valence-electron chi connectivity index (χ0n) is 12.7. The van der Waals surface area contributed by atoms with Gasteiger partial charge in [-0.2, -0.15) is 23.5 Å². The van der Waals surface area contributed by atoms with Crippen LogP contribution in [0, 0.1) is 17.1 Å². The predicted octanol–water partition coefficient (Wildman–Crippen LogP) is 3.82. The quantitative estimate of drug-likeness (QED) is 0.538. The van der Waals surface area contributed by atoms with Crippen LogP contribution in [0.3, 0.4) is 0 Å². The SMILES string of the molecule is CS(=O)(=O)Nc1cc(-n2nc(CBr)c(C(F)(F)F)c2C#N)c(F)cc1Cl. The zero-order chi connectivity index (χ0) is 19.9. The first-order valence-corrected chi connectivity index (χ1v) is 9.90. The minimum absolute atomic E-state index is 0.279. The highest BCUT2D eigenvalue weighted by Crippen LogP contribution is 2.37. The molecular weight excluding hydrogens is 468 g/mol. The number of benzene rings is 1. The minimum Gasteiger partial charge on any atom is -0.282 e. The van der Waals surface area contributed by atoms with E-state index in [1.54, 1.807) is 0 Å². The van der Waals surface area contributed by atoms with E-state index in [1.807, 2.05) is 4.72 Å². The van der Waals surface area contributed by atoms with E-state index in [1.165, 1.54) is 6.07 Å². The molecule has 0 atom stereocenters. The van der Waals surface area contributed by atoms with Gasteiger partial charge in [0.25, 0.3) is 0 Å². The van der Waals surface area contributed by atoms with E-state index in [4.69, 9.17) is 16.9 Å². The van der Waals surface area contributed by atoms with Crippen LogP contribution in [0.2, 0.25) is 5.02 Å². The molecule has 1 aromatic carbocycles. The van der Waals surface area contributed by atoms with Crippen molar-refractivity contribution in [3.63, 3.8) is 0 Å². The molecule has 6 nitrogen and oxygen atoms in total. The Morgan fingerprint density at radius 2 is 2.04 bits per heavy atom. The molecule has 0 bridgehead atoms. The van der Waals surface area contributed by atoms with Gasteiger partial charge in [-0.05, 0) is 12.1 Å². The monoisotopic (exact) mass is 474 g/mol. The molecule has 13 heteroatoms. The summed E-state index contributed by atoms with van der Waals surface area (Å²) in [5.74, 6) is -1.09. The molecule has 0 aliphatic carbocycles. The van der Waals surface area contributed by atoms with Crippen LogP contribution in [-0.2, 0) is 21.5 Å². The van der Waals surface area contributed by atoms with Crippen LogP contribution in [0.5, 0.6) is 0 Å². The van der Waals surface area contributed by atoms with Crippen molar-refractivity contribution in [3.8, 4) is 11.8 Å². The summed E-state index contributed by atoms with van der Waals surface area (Å²) in [6.45, 7) is 0. The van der Waals surface area contributed by atoms with Gasteiger partial charge in [0.2, 0.25) is 10.0 Å². The van der Waals surface area contributed by atoms with Crippen molar-refractivity contribution in [2.45, 2.75) is 11.5 Å². The normalized spacial score (nSPS) is 12.1. The van der Waals surface area contributed by atoms with Gasteiger partial charge in [-0.1, -0.05) is 27.5 Å². The highest BCUT2D eigenvalue weighted by atomic mass is 79.9. The van der Waals surface area contributed by atoms with Crippen molar-refractivity contribution in [1.29, 1.82) is 5.26 Å². The van der Waals surface area contributed by atoms with Gasteiger partial charge in [-0.3, -0.25) is 4.72 Å². The summed E-state index contributed by atoms with van der Waals surface area (Å²) in [5.41, 5.74) is -3.64. The second kappa shape index (κ2) is 7.05. The van der Waals surface area contributed by atoms with E-state index < -0.39 is 44.7 Å².